The Hall–Kier alpha value is -1.73. The predicted octanol–water partition coefficient (Wildman–Crippen LogP) is 0.665. The fourth-order valence-corrected chi connectivity index (χ4v) is 1.24. The predicted molar refractivity (Wildman–Crippen MR) is 60.1 cm³/mol. The molecular formula is C10H9ClF2N2O3. The molecule has 0 atom stereocenters. The summed E-state index contributed by atoms with van der Waals surface area (Å²) in [7, 11) is 0. The third-order valence-corrected chi connectivity index (χ3v) is 2.17. The van der Waals surface area contributed by atoms with Crippen molar-refractivity contribution in [3.8, 4) is 0 Å². The molecule has 0 saturated heterocycles. The first-order valence-electron chi connectivity index (χ1n) is 4.80. The number of halogens is 3. The summed E-state index contributed by atoms with van der Waals surface area (Å²) in [4.78, 5) is 22.4. The molecule has 0 saturated carbocycles. The van der Waals surface area contributed by atoms with Crippen molar-refractivity contribution >= 4 is 29.1 Å². The van der Waals surface area contributed by atoms with Crippen LogP contribution in [-0.4, -0.2) is 30.1 Å². The molecule has 0 aliphatic carbocycles. The van der Waals surface area contributed by atoms with Crippen molar-refractivity contribution in [1.82, 2.24) is 5.32 Å². The summed E-state index contributed by atoms with van der Waals surface area (Å²) in [6, 6.07) is 1.34. The summed E-state index contributed by atoms with van der Waals surface area (Å²) in [6.45, 7) is -0.428. The number of anilines is 1. The van der Waals surface area contributed by atoms with E-state index in [0.29, 0.717) is 12.1 Å². The Bertz CT molecular complexity index is 482. The lowest BCUT2D eigenvalue weighted by Crippen LogP contribution is -2.36. The van der Waals surface area contributed by atoms with Gasteiger partial charge in [0.1, 0.15) is 0 Å². The lowest BCUT2D eigenvalue weighted by Gasteiger charge is -2.07. The average molecular weight is 279 g/mol. The van der Waals surface area contributed by atoms with E-state index in [9.17, 15) is 18.4 Å². The van der Waals surface area contributed by atoms with Crippen molar-refractivity contribution in [3.63, 3.8) is 0 Å². The Morgan fingerprint density at radius 2 is 1.83 bits per heavy atom. The van der Waals surface area contributed by atoms with Gasteiger partial charge in [-0.15, -0.1) is 0 Å². The first kappa shape index (κ1) is 14.3. The van der Waals surface area contributed by atoms with Crippen LogP contribution in [0, 0.1) is 11.6 Å². The van der Waals surface area contributed by atoms with Crippen LogP contribution >= 0.6 is 11.6 Å². The molecule has 2 amide bonds. The maximum Gasteiger partial charge on any atom is 0.313 e. The van der Waals surface area contributed by atoms with E-state index in [4.69, 9.17) is 16.7 Å². The van der Waals surface area contributed by atoms with Crippen molar-refractivity contribution in [2.75, 3.05) is 18.5 Å². The van der Waals surface area contributed by atoms with Gasteiger partial charge < -0.3 is 15.7 Å². The number of hydrogen-bond acceptors (Lipinski definition) is 3. The molecule has 0 aromatic heterocycles. The molecule has 8 heteroatoms. The normalized spacial score (nSPS) is 10.0. The van der Waals surface area contributed by atoms with Crippen molar-refractivity contribution in [3.05, 3.63) is 28.8 Å². The fraction of sp³-hybridized carbons (Fsp3) is 0.200. The van der Waals surface area contributed by atoms with Gasteiger partial charge in [0.05, 0.1) is 17.3 Å². The second-order valence-electron chi connectivity index (χ2n) is 3.18. The van der Waals surface area contributed by atoms with E-state index in [1.165, 1.54) is 0 Å². The van der Waals surface area contributed by atoms with Crippen molar-refractivity contribution < 1.29 is 23.5 Å². The number of carbonyl (C=O) groups is 2. The van der Waals surface area contributed by atoms with Crippen molar-refractivity contribution in [2.45, 2.75) is 0 Å². The quantitative estimate of drug-likeness (QED) is 0.561. The maximum absolute atomic E-state index is 12.9. The highest BCUT2D eigenvalue weighted by atomic mass is 35.5. The van der Waals surface area contributed by atoms with Crippen molar-refractivity contribution in [2.24, 2.45) is 0 Å². The van der Waals surface area contributed by atoms with Gasteiger partial charge in [-0.1, -0.05) is 11.6 Å². The van der Waals surface area contributed by atoms with Crippen LogP contribution in [0.4, 0.5) is 14.5 Å². The molecule has 18 heavy (non-hydrogen) atoms. The molecule has 1 aromatic carbocycles. The topological polar surface area (TPSA) is 78.4 Å². The van der Waals surface area contributed by atoms with Gasteiger partial charge in [0, 0.05) is 12.6 Å². The van der Waals surface area contributed by atoms with Gasteiger partial charge in [-0.3, -0.25) is 9.59 Å². The third kappa shape index (κ3) is 3.64. The summed E-state index contributed by atoms with van der Waals surface area (Å²) in [6.07, 6.45) is 0. The van der Waals surface area contributed by atoms with Gasteiger partial charge >= 0.3 is 11.8 Å². The highest BCUT2D eigenvalue weighted by molar-refractivity contribution is 6.41. The van der Waals surface area contributed by atoms with Gasteiger partial charge in [0.25, 0.3) is 0 Å². The van der Waals surface area contributed by atoms with Crippen LogP contribution in [0.1, 0.15) is 0 Å². The molecule has 0 spiro atoms. The first-order chi connectivity index (χ1) is 8.45. The monoisotopic (exact) mass is 278 g/mol. The highest BCUT2D eigenvalue weighted by Gasteiger charge is 2.16. The largest absolute Gasteiger partial charge is 0.395 e. The van der Waals surface area contributed by atoms with Gasteiger partial charge in [-0.2, -0.15) is 0 Å². The zero-order valence-corrected chi connectivity index (χ0v) is 9.72. The molecule has 98 valence electrons. The molecule has 3 N–H and O–H groups in total. The number of carbonyl (C=O) groups excluding carboxylic acids is 2. The number of amides is 2. The zero-order chi connectivity index (χ0) is 13.7. The zero-order valence-electron chi connectivity index (χ0n) is 8.97. The summed E-state index contributed by atoms with van der Waals surface area (Å²) in [5.41, 5.74) is -0.222. The summed E-state index contributed by atoms with van der Waals surface area (Å²) >= 11 is 5.56. The molecule has 0 aliphatic heterocycles. The standard InChI is InChI=1S/C10H9ClF2N2O3/c11-5-3-6(12)7(13)4-8(5)15-10(18)9(17)14-1-2-16/h3-4,16H,1-2H2,(H,14,17)(H,15,18). The van der Waals surface area contributed by atoms with E-state index >= 15 is 0 Å². The molecule has 0 unspecified atom stereocenters. The van der Waals surface area contributed by atoms with E-state index in [1.54, 1.807) is 0 Å². The average Bonchev–Trinajstić information content (AvgIpc) is 2.32. The van der Waals surface area contributed by atoms with Gasteiger partial charge in [-0.25, -0.2) is 8.78 Å². The molecule has 0 radical (unpaired) electrons. The molecule has 0 bridgehead atoms. The number of aliphatic hydroxyl groups excluding tert-OH is 1. The molecule has 0 fully saturated rings. The van der Waals surface area contributed by atoms with Crippen LogP contribution in [-0.2, 0) is 9.59 Å². The van der Waals surface area contributed by atoms with Crippen LogP contribution in [0.5, 0.6) is 0 Å². The fourth-order valence-electron chi connectivity index (χ4n) is 1.05. The summed E-state index contributed by atoms with van der Waals surface area (Å²) in [5, 5.41) is 12.3. The Morgan fingerprint density at radius 3 is 2.44 bits per heavy atom. The van der Waals surface area contributed by atoms with E-state index in [1.807, 2.05) is 5.32 Å². The summed E-state index contributed by atoms with van der Waals surface area (Å²) in [5.74, 6) is -4.49. The second kappa shape index (κ2) is 6.27. The molecule has 1 aromatic rings. The number of rotatable bonds is 3. The van der Waals surface area contributed by atoms with Crippen molar-refractivity contribution in [1.29, 1.82) is 0 Å². The smallest absolute Gasteiger partial charge is 0.313 e. The van der Waals surface area contributed by atoms with E-state index in [0.717, 1.165) is 0 Å². The van der Waals surface area contributed by atoms with E-state index < -0.39 is 23.4 Å². The highest BCUT2D eigenvalue weighted by Crippen LogP contribution is 2.24. The number of aliphatic hydroxyl groups is 1. The minimum Gasteiger partial charge on any atom is -0.395 e. The lowest BCUT2D eigenvalue weighted by atomic mass is 10.3. The second-order valence-corrected chi connectivity index (χ2v) is 3.59. The summed E-state index contributed by atoms with van der Waals surface area (Å²) < 4.78 is 25.6. The molecule has 1 rings (SSSR count). The molecular weight excluding hydrogens is 270 g/mol. The number of hydrogen-bond donors (Lipinski definition) is 3. The van der Waals surface area contributed by atoms with Crippen LogP contribution in [0.25, 0.3) is 0 Å². The minimum absolute atomic E-state index is 0.0994. The Labute approximate surface area is 106 Å². The number of benzene rings is 1. The Kier molecular flexibility index (Phi) is 4.99. The first-order valence-corrected chi connectivity index (χ1v) is 5.18. The van der Waals surface area contributed by atoms with Crippen LogP contribution < -0.4 is 10.6 Å². The van der Waals surface area contributed by atoms with Gasteiger partial charge in [0.15, 0.2) is 11.6 Å². The maximum atomic E-state index is 12.9. The van der Waals surface area contributed by atoms with Gasteiger partial charge in [0.2, 0.25) is 0 Å². The third-order valence-electron chi connectivity index (χ3n) is 1.86. The van der Waals surface area contributed by atoms with E-state index in [-0.39, 0.29) is 23.9 Å². The van der Waals surface area contributed by atoms with Gasteiger partial charge in [-0.05, 0) is 6.07 Å². The molecule has 0 aliphatic rings. The SMILES string of the molecule is O=C(NCCO)C(=O)Nc1cc(F)c(F)cc1Cl. The lowest BCUT2D eigenvalue weighted by molar-refractivity contribution is -0.136. The Morgan fingerprint density at radius 1 is 1.22 bits per heavy atom. The van der Waals surface area contributed by atoms with Crippen LogP contribution in [0.3, 0.4) is 0 Å². The molecule has 0 heterocycles. The van der Waals surface area contributed by atoms with Crippen LogP contribution in [0.15, 0.2) is 12.1 Å². The number of nitrogens with one attached hydrogen (secondary N) is 2. The molecule has 5 nitrogen and oxygen atoms in total. The minimum atomic E-state index is -1.20. The van der Waals surface area contributed by atoms with E-state index in [2.05, 4.69) is 5.32 Å². The van der Waals surface area contributed by atoms with Crippen LogP contribution in [0.2, 0.25) is 5.02 Å². The Balaban J connectivity index is 2.76.